The Morgan fingerprint density at radius 2 is 2.18 bits per heavy atom. The first-order chi connectivity index (χ1) is 10.7. The largest absolute Gasteiger partial charge is 0.330 e. The van der Waals surface area contributed by atoms with Gasteiger partial charge in [-0.2, -0.15) is 5.10 Å². The van der Waals surface area contributed by atoms with Crippen molar-refractivity contribution in [1.82, 2.24) is 25.3 Å². The molecule has 0 aromatic carbocycles. The molecule has 2 fully saturated rings. The van der Waals surface area contributed by atoms with Crippen LogP contribution < -0.4 is 5.32 Å². The fourth-order valence-electron chi connectivity index (χ4n) is 4.34. The monoisotopic (exact) mass is 303 g/mol. The number of nitrogens with zero attached hydrogens (tertiary/aromatic N) is 3. The van der Waals surface area contributed by atoms with E-state index >= 15 is 0 Å². The average molecular weight is 303 g/mol. The minimum absolute atomic E-state index is 0.0911. The van der Waals surface area contributed by atoms with Gasteiger partial charge in [-0.15, -0.1) is 0 Å². The van der Waals surface area contributed by atoms with E-state index in [0.29, 0.717) is 12.1 Å². The van der Waals surface area contributed by atoms with E-state index < -0.39 is 0 Å². The predicted molar refractivity (Wildman–Crippen MR) is 83.6 cm³/mol. The van der Waals surface area contributed by atoms with Crippen molar-refractivity contribution in [3.05, 3.63) is 17.5 Å². The standard InChI is InChI=1S/C16H25N5O/c1-20-12-5-6-13(20)10-21(8-7-12)16(22)18-14-4-2-3-11-9-17-19-15(11)14/h9,12-14H,2-8,10H2,1H3,(H,17,19)(H,18,22)/t12-,13-,14+/m0/s1. The number of likely N-dealkylation sites (tertiary alicyclic amines) is 1. The zero-order valence-corrected chi connectivity index (χ0v) is 13.2. The number of rotatable bonds is 1. The number of amides is 2. The number of nitrogens with one attached hydrogen (secondary N) is 2. The zero-order valence-electron chi connectivity index (χ0n) is 13.2. The molecule has 3 atom stereocenters. The lowest BCUT2D eigenvalue weighted by atomic mass is 9.94. The molecule has 1 aliphatic carbocycles. The number of aromatic amines is 1. The van der Waals surface area contributed by atoms with Crippen LogP contribution in [-0.4, -0.2) is 58.2 Å². The van der Waals surface area contributed by atoms with Crippen LogP contribution in [-0.2, 0) is 6.42 Å². The molecule has 22 heavy (non-hydrogen) atoms. The van der Waals surface area contributed by atoms with Crippen LogP contribution in [0.1, 0.15) is 49.4 Å². The predicted octanol–water partition coefficient (Wildman–Crippen LogP) is 1.67. The third-order valence-electron chi connectivity index (χ3n) is 5.77. The fourth-order valence-corrected chi connectivity index (χ4v) is 4.34. The van der Waals surface area contributed by atoms with Crippen LogP contribution in [0, 0.1) is 0 Å². The highest BCUT2D eigenvalue weighted by atomic mass is 16.2. The summed E-state index contributed by atoms with van der Waals surface area (Å²) in [6.07, 6.45) is 8.69. The zero-order chi connectivity index (χ0) is 15.1. The molecule has 6 nitrogen and oxygen atoms in total. The maximum absolute atomic E-state index is 12.7. The molecule has 0 spiro atoms. The van der Waals surface area contributed by atoms with Gasteiger partial charge < -0.3 is 10.2 Å². The summed E-state index contributed by atoms with van der Waals surface area (Å²) in [6.45, 7) is 1.74. The Hall–Kier alpha value is -1.56. The Labute approximate surface area is 131 Å². The minimum atomic E-state index is 0.0911. The number of H-pyrrole nitrogens is 1. The van der Waals surface area contributed by atoms with E-state index in [0.717, 1.165) is 44.5 Å². The summed E-state index contributed by atoms with van der Waals surface area (Å²) in [4.78, 5) is 17.2. The normalized spacial score (nSPS) is 31.7. The highest BCUT2D eigenvalue weighted by molar-refractivity contribution is 5.75. The van der Waals surface area contributed by atoms with E-state index in [1.165, 1.54) is 18.4 Å². The SMILES string of the molecule is CN1[C@H]2CC[C@H]1CN(C(=O)N[C@@H]1CCCc3cn[nH]c31)CC2. The third kappa shape index (κ3) is 2.39. The molecule has 6 heteroatoms. The number of carbonyl (C=O) groups excluding carboxylic acids is 1. The summed E-state index contributed by atoms with van der Waals surface area (Å²) >= 11 is 0. The number of hydrogen-bond donors (Lipinski definition) is 2. The number of aromatic nitrogens is 2. The number of urea groups is 1. The molecule has 3 heterocycles. The highest BCUT2D eigenvalue weighted by Crippen LogP contribution is 2.30. The van der Waals surface area contributed by atoms with Crippen LogP contribution in [0.25, 0.3) is 0 Å². The van der Waals surface area contributed by atoms with E-state index in [9.17, 15) is 4.79 Å². The van der Waals surface area contributed by atoms with Crippen LogP contribution in [0.15, 0.2) is 6.20 Å². The smallest absolute Gasteiger partial charge is 0.317 e. The van der Waals surface area contributed by atoms with Crippen LogP contribution in [0.2, 0.25) is 0 Å². The Bertz CT molecular complexity index is 556. The van der Waals surface area contributed by atoms with Crippen molar-refractivity contribution >= 4 is 6.03 Å². The Morgan fingerprint density at radius 3 is 3.09 bits per heavy atom. The molecule has 2 aliphatic heterocycles. The first-order valence-electron chi connectivity index (χ1n) is 8.52. The molecule has 0 unspecified atom stereocenters. The molecule has 2 saturated heterocycles. The van der Waals surface area contributed by atoms with Gasteiger partial charge in [0.2, 0.25) is 0 Å². The molecular weight excluding hydrogens is 278 g/mol. The molecule has 1 aromatic rings. The molecule has 2 bridgehead atoms. The second-order valence-electron chi connectivity index (χ2n) is 6.99. The molecule has 0 radical (unpaired) electrons. The van der Waals surface area contributed by atoms with Gasteiger partial charge >= 0.3 is 6.03 Å². The van der Waals surface area contributed by atoms with Gasteiger partial charge in [0.05, 0.1) is 17.9 Å². The number of aryl methyl sites for hydroxylation is 1. The van der Waals surface area contributed by atoms with E-state index in [2.05, 4.69) is 27.5 Å². The number of hydrogen-bond acceptors (Lipinski definition) is 3. The van der Waals surface area contributed by atoms with Gasteiger partial charge in [-0.1, -0.05) is 0 Å². The lowest BCUT2D eigenvalue weighted by Gasteiger charge is -2.29. The quantitative estimate of drug-likeness (QED) is 0.829. The summed E-state index contributed by atoms with van der Waals surface area (Å²) in [6, 6.07) is 1.38. The average Bonchev–Trinajstić information content (AvgIpc) is 3.05. The first kappa shape index (κ1) is 14.1. The van der Waals surface area contributed by atoms with Crippen LogP contribution in [0.4, 0.5) is 4.79 Å². The molecule has 1 aromatic heterocycles. The van der Waals surface area contributed by atoms with E-state index in [-0.39, 0.29) is 12.1 Å². The van der Waals surface area contributed by atoms with Crippen molar-refractivity contribution in [3.8, 4) is 0 Å². The minimum Gasteiger partial charge on any atom is -0.330 e. The van der Waals surface area contributed by atoms with Crippen LogP contribution in [0.5, 0.6) is 0 Å². The number of likely N-dealkylation sites (N-methyl/N-ethyl adjacent to an activating group) is 1. The summed E-state index contributed by atoms with van der Waals surface area (Å²) in [5, 5.41) is 10.4. The topological polar surface area (TPSA) is 64.3 Å². The summed E-state index contributed by atoms with van der Waals surface area (Å²) < 4.78 is 0. The number of carbonyl (C=O) groups is 1. The van der Waals surface area contributed by atoms with Crippen molar-refractivity contribution < 1.29 is 4.79 Å². The van der Waals surface area contributed by atoms with Gasteiger partial charge in [0.1, 0.15) is 0 Å². The molecule has 3 aliphatic rings. The van der Waals surface area contributed by atoms with Crippen molar-refractivity contribution in [1.29, 1.82) is 0 Å². The fraction of sp³-hybridized carbons (Fsp3) is 0.750. The Kier molecular flexibility index (Phi) is 3.56. The lowest BCUT2D eigenvalue weighted by Crippen LogP contribution is -2.46. The maximum atomic E-state index is 12.7. The summed E-state index contributed by atoms with van der Waals surface area (Å²) in [5.74, 6) is 0. The van der Waals surface area contributed by atoms with E-state index in [1.807, 2.05) is 11.1 Å². The second-order valence-corrected chi connectivity index (χ2v) is 6.99. The molecule has 2 N–H and O–H groups in total. The van der Waals surface area contributed by atoms with Crippen molar-refractivity contribution in [2.75, 3.05) is 20.1 Å². The Morgan fingerprint density at radius 1 is 1.32 bits per heavy atom. The molecule has 2 amide bonds. The van der Waals surface area contributed by atoms with Gasteiger partial charge in [0.25, 0.3) is 0 Å². The summed E-state index contributed by atoms with van der Waals surface area (Å²) in [5.41, 5.74) is 2.36. The third-order valence-corrected chi connectivity index (χ3v) is 5.77. The highest BCUT2D eigenvalue weighted by Gasteiger charge is 2.36. The van der Waals surface area contributed by atoms with Crippen LogP contribution >= 0.6 is 0 Å². The van der Waals surface area contributed by atoms with Gasteiger partial charge in [0.15, 0.2) is 0 Å². The number of fused-ring (bicyclic) bond motifs is 3. The van der Waals surface area contributed by atoms with Crippen molar-refractivity contribution in [2.24, 2.45) is 0 Å². The van der Waals surface area contributed by atoms with E-state index in [4.69, 9.17) is 0 Å². The molecule has 0 saturated carbocycles. The van der Waals surface area contributed by atoms with Gasteiger partial charge in [-0.05, 0) is 51.1 Å². The van der Waals surface area contributed by atoms with Crippen molar-refractivity contribution in [2.45, 2.75) is 56.7 Å². The summed E-state index contributed by atoms with van der Waals surface area (Å²) in [7, 11) is 2.21. The second kappa shape index (κ2) is 5.57. The van der Waals surface area contributed by atoms with Gasteiger partial charge in [-0.3, -0.25) is 10.00 Å². The Balaban J connectivity index is 1.43. The molecular formula is C16H25N5O. The van der Waals surface area contributed by atoms with Gasteiger partial charge in [0, 0.05) is 25.2 Å². The molecule has 4 rings (SSSR count). The van der Waals surface area contributed by atoms with Crippen molar-refractivity contribution in [3.63, 3.8) is 0 Å². The molecule has 120 valence electrons. The maximum Gasteiger partial charge on any atom is 0.317 e. The first-order valence-corrected chi connectivity index (χ1v) is 8.52. The van der Waals surface area contributed by atoms with E-state index in [1.54, 1.807) is 0 Å². The van der Waals surface area contributed by atoms with Crippen LogP contribution in [0.3, 0.4) is 0 Å². The lowest BCUT2D eigenvalue weighted by molar-refractivity contribution is 0.183. The van der Waals surface area contributed by atoms with Gasteiger partial charge in [-0.25, -0.2) is 4.79 Å².